The zero-order valence-electron chi connectivity index (χ0n) is 10.4. The van der Waals surface area contributed by atoms with Crippen LogP contribution in [0.5, 0.6) is 0 Å². The van der Waals surface area contributed by atoms with Gasteiger partial charge >= 0.3 is 0 Å². The molecule has 0 aromatic carbocycles. The van der Waals surface area contributed by atoms with Crippen LogP contribution in [0.2, 0.25) is 0 Å². The van der Waals surface area contributed by atoms with Crippen molar-refractivity contribution < 1.29 is 0 Å². The third-order valence-corrected chi connectivity index (χ3v) is 3.74. The summed E-state index contributed by atoms with van der Waals surface area (Å²) < 4.78 is 1.96. The van der Waals surface area contributed by atoms with E-state index in [2.05, 4.69) is 23.4 Å². The van der Waals surface area contributed by atoms with Crippen LogP contribution in [-0.2, 0) is 7.05 Å². The predicted octanol–water partition coefficient (Wildman–Crippen LogP) is 2.65. The minimum Gasteiger partial charge on any atom is -0.309 e. The molecule has 16 heavy (non-hydrogen) atoms. The Labute approximate surface area is 98.2 Å². The van der Waals surface area contributed by atoms with Crippen LogP contribution >= 0.6 is 0 Å². The predicted molar refractivity (Wildman–Crippen MR) is 66.2 cm³/mol. The smallest absolute Gasteiger partial charge is 0.0547 e. The van der Waals surface area contributed by atoms with E-state index in [0.717, 1.165) is 12.5 Å². The Morgan fingerprint density at radius 1 is 1.44 bits per heavy atom. The van der Waals surface area contributed by atoms with Gasteiger partial charge in [-0.05, 0) is 38.3 Å². The van der Waals surface area contributed by atoms with Gasteiger partial charge in [-0.1, -0.05) is 19.3 Å². The van der Waals surface area contributed by atoms with Crippen molar-refractivity contribution in [2.75, 3.05) is 6.54 Å². The molecule has 1 aliphatic rings. The van der Waals surface area contributed by atoms with Gasteiger partial charge in [0.2, 0.25) is 0 Å². The average Bonchev–Trinajstić information content (AvgIpc) is 2.74. The fourth-order valence-corrected chi connectivity index (χ4v) is 2.65. The summed E-state index contributed by atoms with van der Waals surface area (Å²) >= 11 is 0. The van der Waals surface area contributed by atoms with Crippen molar-refractivity contribution in [1.29, 1.82) is 0 Å². The molecule has 0 bridgehead atoms. The number of hydrogen-bond acceptors (Lipinski definition) is 2. The highest BCUT2D eigenvalue weighted by Crippen LogP contribution is 2.23. The maximum Gasteiger partial charge on any atom is 0.0547 e. The molecule has 0 amide bonds. The van der Waals surface area contributed by atoms with E-state index in [0.29, 0.717) is 6.04 Å². The second-order valence-electron chi connectivity index (χ2n) is 5.01. The highest BCUT2D eigenvalue weighted by molar-refractivity contribution is 5.05. The van der Waals surface area contributed by atoms with E-state index >= 15 is 0 Å². The Kier molecular flexibility index (Phi) is 3.99. The summed E-state index contributed by atoms with van der Waals surface area (Å²) in [6, 6.07) is 2.51. The van der Waals surface area contributed by atoms with Crippen LogP contribution in [0.15, 0.2) is 12.3 Å². The third-order valence-electron chi connectivity index (χ3n) is 3.74. The largest absolute Gasteiger partial charge is 0.309 e. The number of nitrogens with one attached hydrogen (secondary N) is 1. The highest BCUT2D eigenvalue weighted by Gasteiger charge is 2.15. The fraction of sp³-hybridized carbons (Fsp3) is 0.769. The molecule has 1 aromatic rings. The van der Waals surface area contributed by atoms with E-state index in [4.69, 9.17) is 0 Å². The van der Waals surface area contributed by atoms with Crippen LogP contribution < -0.4 is 5.32 Å². The molecule has 1 N–H and O–H groups in total. The Morgan fingerprint density at radius 3 is 2.81 bits per heavy atom. The van der Waals surface area contributed by atoms with Gasteiger partial charge < -0.3 is 5.32 Å². The molecule has 90 valence electrons. The second kappa shape index (κ2) is 5.48. The van der Waals surface area contributed by atoms with Gasteiger partial charge in [-0.2, -0.15) is 5.10 Å². The van der Waals surface area contributed by atoms with E-state index in [9.17, 15) is 0 Å². The summed E-state index contributed by atoms with van der Waals surface area (Å²) in [5.41, 5.74) is 1.27. The number of aryl methyl sites for hydroxylation is 1. The first-order valence-electron chi connectivity index (χ1n) is 6.48. The minimum atomic E-state index is 0.412. The summed E-state index contributed by atoms with van der Waals surface area (Å²) in [7, 11) is 2.01. The standard InChI is InChI=1S/C13H23N3/c1-11(13-8-9-15-16(13)2)14-10-12-6-4-3-5-7-12/h8-9,11-12,14H,3-7,10H2,1-2H3. The van der Waals surface area contributed by atoms with Gasteiger partial charge in [0.1, 0.15) is 0 Å². The van der Waals surface area contributed by atoms with Crippen molar-refractivity contribution in [2.24, 2.45) is 13.0 Å². The Hall–Kier alpha value is -0.830. The first kappa shape index (κ1) is 11.6. The van der Waals surface area contributed by atoms with Crippen molar-refractivity contribution in [3.8, 4) is 0 Å². The van der Waals surface area contributed by atoms with Gasteiger partial charge in [-0.15, -0.1) is 0 Å². The quantitative estimate of drug-likeness (QED) is 0.847. The molecule has 1 unspecified atom stereocenters. The lowest BCUT2D eigenvalue weighted by molar-refractivity contribution is 0.329. The first-order chi connectivity index (χ1) is 7.77. The van der Waals surface area contributed by atoms with Crippen molar-refractivity contribution in [1.82, 2.24) is 15.1 Å². The molecule has 3 nitrogen and oxygen atoms in total. The van der Waals surface area contributed by atoms with Gasteiger partial charge in [0.25, 0.3) is 0 Å². The number of rotatable bonds is 4. The molecule has 1 heterocycles. The first-order valence-corrected chi connectivity index (χ1v) is 6.48. The van der Waals surface area contributed by atoms with Crippen molar-refractivity contribution in [2.45, 2.75) is 45.1 Å². The Balaban J connectivity index is 1.79. The van der Waals surface area contributed by atoms with Gasteiger partial charge in [0, 0.05) is 19.3 Å². The lowest BCUT2D eigenvalue weighted by Crippen LogP contribution is -2.28. The SMILES string of the molecule is CC(NCC1CCCCC1)c1ccnn1C. The summed E-state index contributed by atoms with van der Waals surface area (Å²) in [6.45, 7) is 3.38. The minimum absolute atomic E-state index is 0.412. The van der Waals surface area contributed by atoms with Crippen LogP contribution in [0.25, 0.3) is 0 Å². The molecule has 1 aliphatic carbocycles. The lowest BCUT2D eigenvalue weighted by Gasteiger charge is -2.24. The normalized spacial score (nSPS) is 19.9. The fourth-order valence-electron chi connectivity index (χ4n) is 2.65. The van der Waals surface area contributed by atoms with E-state index in [-0.39, 0.29) is 0 Å². The molecule has 0 aliphatic heterocycles. The van der Waals surface area contributed by atoms with Crippen LogP contribution in [0.3, 0.4) is 0 Å². The molecule has 3 heteroatoms. The molecule has 1 saturated carbocycles. The molecule has 1 fully saturated rings. The highest BCUT2D eigenvalue weighted by atomic mass is 15.3. The van der Waals surface area contributed by atoms with E-state index in [1.54, 1.807) is 0 Å². The third kappa shape index (κ3) is 2.85. The molecule has 0 spiro atoms. The van der Waals surface area contributed by atoms with Gasteiger partial charge in [0.05, 0.1) is 5.69 Å². The summed E-state index contributed by atoms with van der Waals surface area (Å²) in [5, 5.41) is 7.84. The average molecular weight is 221 g/mol. The maximum absolute atomic E-state index is 4.21. The topological polar surface area (TPSA) is 29.9 Å². The van der Waals surface area contributed by atoms with Gasteiger partial charge in [-0.3, -0.25) is 4.68 Å². The molecule has 0 radical (unpaired) electrons. The van der Waals surface area contributed by atoms with Crippen LogP contribution in [0.1, 0.15) is 50.8 Å². The van der Waals surface area contributed by atoms with Crippen molar-refractivity contribution in [3.63, 3.8) is 0 Å². The van der Waals surface area contributed by atoms with E-state index < -0.39 is 0 Å². The van der Waals surface area contributed by atoms with Gasteiger partial charge in [-0.25, -0.2) is 0 Å². The second-order valence-corrected chi connectivity index (χ2v) is 5.01. The molecule has 0 saturated heterocycles. The molecular formula is C13H23N3. The van der Waals surface area contributed by atoms with Crippen LogP contribution in [0.4, 0.5) is 0 Å². The number of aromatic nitrogens is 2. The van der Waals surface area contributed by atoms with Gasteiger partial charge in [0.15, 0.2) is 0 Å². The summed E-state index contributed by atoms with van der Waals surface area (Å²) in [6.07, 6.45) is 8.97. The number of nitrogens with zero attached hydrogens (tertiary/aromatic N) is 2. The van der Waals surface area contributed by atoms with E-state index in [1.807, 2.05) is 17.9 Å². The summed E-state index contributed by atoms with van der Waals surface area (Å²) in [4.78, 5) is 0. The Bertz CT molecular complexity index is 313. The van der Waals surface area contributed by atoms with Crippen molar-refractivity contribution in [3.05, 3.63) is 18.0 Å². The molecule has 1 aromatic heterocycles. The summed E-state index contributed by atoms with van der Waals surface area (Å²) in [5.74, 6) is 0.893. The van der Waals surface area contributed by atoms with E-state index in [1.165, 1.54) is 37.8 Å². The van der Waals surface area contributed by atoms with Crippen LogP contribution in [-0.4, -0.2) is 16.3 Å². The van der Waals surface area contributed by atoms with Crippen molar-refractivity contribution >= 4 is 0 Å². The maximum atomic E-state index is 4.21. The number of hydrogen-bond donors (Lipinski definition) is 1. The molecular weight excluding hydrogens is 198 g/mol. The lowest BCUT2D eigenvalue weighted by atomic mass is 9.89. The zero-order valence-corrected chi connectivity index (χ0v) is 10.4. The Morgan fingerprint density at radius 2 is 2.19 bits per heavy atom. The molecule has 2 rings (SSSR count). The zero-order chi connectivity index (χ0) is 11.4. The van der Waals surface area contributed by atoms with Crippen LogP contribution in [0, 0.1) is 5.92 Å². The molecule has 1 atom stereocenters. The monoisotopic (exact) mass is 221 g/mol.